The van der Waals surface area contributed by atoms with Crippen molar-refractivity contribution in [2.45, 2.75) is 52.0 Å². The molecule has 2 heterocycles. The number of fused-ring (bicyclic) bond motifs is 1. The summed E-state index contributed by atoms with van der Waals surface area (Å²) in [7, 11) is 1.39. The number of carbonyl (C=O) groups is 1. The molecule has 2 aromatic heterocycles. The van der Waals surface area contributed by atoms with Crippen molar-refractivity contribution < 1.29 is 14.6 Å². The van der Waals surface area contributed by atoms with Gasteiger partial charge in [-0.2, -0.15) is 5.10 Å². The molecular formula is C26H29N3O3. The fourth-order valence-corrected chi connectivity index (χ4v) is 7.41. The molecule has 6 nitrogen and oxygen atoms in total. The molecule has 4 fully saturated rings. The maximum atomic E-state index is 12.8. The number of pyridine rings is 1. The van der Waals surface area contributed by atoms with Gasteiger partial charge in [0.1, 0.15) is 0 Å². The zero-order chi connectivity index (χ0) is 22.0. The van der Waals surface area contributed by atoms with Gasteiger partial charge in [-0.25, -0.2) is 9.78 Å². The molecule has 0 atom stereocenters. The number of rotatable bonds is 4. The molecule has 6 heteroatoms. The maximum absolute atomic E-state index is 12.8. The summed E-state index contributed by atoms with van der Waals surface area (Å²) in [5.41, 5.74) is 4.25. The Balaban J connectivity index is 1.40. The summed E-state index contributed by atoms with van der Waals surface area (Å²) in [6.45, 7) is 3.07. The highest BCUT2D eigenvalue weighted by molar-refractivity contribution is 6.09. The monoisotopic (exact) mass is 431 g/mol. The molecular weight excluding hydrogens is 402 g/mol. The minimum absolute atomic E-state index is 0.0689. The van der Waals surface area contributed by atoms with Gasteiger partial charge in [-0.05, 0) is 80.8 Å². The van der Waals surface area contributed by atoms with E-state index in [0.717, 1.165) is 41.1 Å². The third kappa shape index (κ3) is 3.03. The zero-order valence-corrected chi connectivity index (χ0v) is 18.7. The van der Waals surface area contributed by atoms with Gasteiger partial charge >= 0.3 is 5.97 Å². The SMILES string of the molecule is COC(=O)c1c(-c2cnn(CC34CC5CC(CC(C5)C3)C4)c2C)ccc2nc(O)ccc12. The predicted octanol–water partition coefficient (Wildman–Crippen LogP) is 5.12. The van der Waals surface area contributed by atoms with E-state index in [1.807, 2.05) is 18.3 Å². The van der Waals surface area contributed by atoms with Gasteiger partial charge in [0.25, 0.3) is 0 Å². The first-order valence-corrected chi connectivity index (χ1v) is 11.7. The van der Waals surface area contributed by atoms with Gasteiger partial charge in [0.15, 0.2) is 0 Å². The summed E-state index contributed by atoms with van der Waals surface area (Å²) < 4.78 is 7.29. The third-order valence-electron chi connectivity index (χ3n) is 8.29. The molecule has 0 unspecified atom stereocenters. The Bertz CT molecular complexity index is 1190. The Morgan fingerprint density at radius 2 is 1.78 bits per heavy atom. The summed E-state index contributed by atoms with van der Waals surface area (Å²) in [5.74, 6) is 2.25. The van der Waals surface area contributed by atoms with Crippen LogP contribution < -0.4 is 0 Å². The predicted molar refractivity (Wildman–Crippen MR) is 121 cm³/mol. The fraction of sp³-hybridized carbons (Fsp3) is 0.500. The number of benzene rings is 1. The third-order valence-corrected chi connectivity index (χ3v) is 8.29. The van der Waals surface area contributed by atoms with E-state index in [1.165, 1.54) is 51.7 Å². The van der Waals surface area contributed by atoms with Crippen molar-refractivity contribution in [2.24, 2.45) is 23.2 Å². The lowest BCUT2D eigenvalue weighted by molar-refractivity contribution is -0.0638. The van der Waals surface area contributed by atoms with E-state index in [1.54, 1.807) is 6.07 Å². The number of ether oxygens (including phenoxy) is 1. The summed E-state index contributed by atoms with van der Waals surface area (Å²) in [4.78, 5) is 16.9. The number of hydrogen-bond donors (Lipinski definition) is 1. The molecule has 0 spiro atoms. The van der Waals surface area contributed by atoms with Crippen LogP contribution in [0.2, 0.25) is 0 Å². The van der Waals surface area contributed by atoms with Gasteiger partial charge in [-0.15, -0.1) is 0 Å². The van der Waals surface area contributed by atoms with E-state index in [0.29, 0.717) is 21.9 Å². The summed E-state index contributed by atoms with van der Waals surface area (Å²) in [5, 5.41) is 15.2. The largest absolute Gasteiger partial charge is 0.493 e. The summed E-state index contributed by atoms with van der Waals surface area (Å²) >= 11 is 0. The van der Waals surface area contributed by atoms with Crippen LogP contribution >= 0.6 is 0 Å². The topological polar surface area (TPSA) is 77.2 Å². The van der Waals surface area contributed by atoms with E-state index >= 15 is 0 Å². The number of aromatic hydroxyl groups is 1. The lowest BCUT2D eigenvalue weighted by Gasteiger charge is -2.56. The molecule has 0 aliphatic heterocycles. The summed E-state index contributed by atoms with van der Waals surface area (Å²) in [6, 6.07) is 6.96. The molecule has 1 aromatic carbocycles. The lowest BCUT2D eigenvalue weighted by Crippen LogP contribution is -2.48. The number of methoxy groups -OCH3 is 1. The minimum Gasteiger partial charge on any atom is -0.493 e. The van der Waals surface area contributed by atoms with Crippen LogP contribution in [0.25, 0.3) is 22.0 Å². The lowest BCUT2D eigenvalue weighted by atomic mass is 9.49. The summed E-state index contributed by atoms with van der Waals surface area (Å²) in [6.07, 6.45) is 10.2. The molecule has 0 saturated heterocycles. The second-order valence-corrected chi connectivity index (χ2v) is 10.4. The standard InChI is InChI=1S/C26H29N3O3/c1-15-21(19-3-5-22-20(4-6-23(30)28-22)24(19)25(31)32-2)13-27-29(15)14-26-10-16-7-17(11-26)9-18(8-16)12-26/h3-6,13,16-18H,7-12,14H2,1-2H3,(H,28,30). The number of esters is 1. The van der Waals surface area contributed by atoms with Crippen molar-refractivity contribution in [3.05, 3.63) is 41.7 Å². The smallest absolute Gasteiger partial charge is 0.339 e. The molecule has 32 heavy (non-hydrogen) atoms. The van der Waals surface area contributed by atoms with Gasteiger partial charge in [0.2, 0.25) is 5.88 Å². The van der Waals surface area contributed by atoms with Crippen molar-refractivity contribution in [3.8, 4) is 17.0 Å². The van der Waals surface area contributed by atoms with Crippen molar-refractivity contribution in [2.75, 3.05) is 7.11 Å². The number of hydrogen-bond acceptors (Lipinski definition) is 5. The molecule has 4 aliphatic rings. The Labute approximate surface area is 187 Å². The van der Waals surface area contributed by atoms with Gasteiger partial charge in [0.05, 0.1) is 24.4 Å². The van der Waals surface area contributed by atoms with E-state index < -0.39 is 5.97 Å². The highest BCUT2D eigenvalue weighted by Crippen LogP contribution is 2.60. The fourth-order valence-electron chi connectivity index (χ4n) is 7.41. The first-order valence-electron chi connectivity index (χ1n) is 11.7. The van der Waals surface area contributed by atoms with E-state index in [4.69, 9.17) is 9.84 Å². The van der Waals surface area contributed by atoms with E-state index in [2.05, 4.69) is 16.6 Å². The van der Waals surface area contributed by atoms with Gasteiger partial charge in [-0.3, -0.25) is 4.68 Å². The van der Waals surface area contributed by atoms with E-state index in [9.17, 15) is 9.90 Å². The number of nitrogens with zero attached hydrogens (tertiary/aromatic N) is 3. The first kappa shape index (κ1) is 19.8. The second-order valence-electron chi connectivity index (χ2n) is 10.4. The molecule has 166 valence electrons. The minimum atomic E-state index is -0.411. The molecule has 0 radical (unpaired) electrons. The van der Waals surface area contributed by atoms with Crippen LogP contribution in [0.1, 0.15) is 54.6 Å². The van der Waals surface area contributed by atoms with Crippen LogP contribution in [0, 0.1) is 30.1 Å². The quantitative estimate of drug-likeness (QED) is 0.581. The first-order chi connectivity index (χ1) is 15.4. The van der Waals surface area contributed by atoms with Crippen LogP contribution in [0.4, 0.5) is 0 Å². The number of aromatic nitrogens is 3. The molecule has 4 aliphatic carbocycles. The van der Waals surface area contributed by atoms with Crippen LogP contribution in [-0.4, -0.2) is 33.0 Å². The Morgan fingerprint density at radius 1 is 1.09 bits per heavy atom. The highest BCUT2D eigenvalue weighted by Gasteiger charge is 2.51. The Morgan fingerprint density at radius 3 is 2.44 bits per heavy atom. The van der Waals surface area contributed by atoms with Gasteiger partial charge in [0, 0.05) is 34.8 Å². The Hall–Kier alpha value is -2.89. The molecule has 4 bridgehead atoms. The average molecular weight is 432 g/mol. The van der Waals surface area contributed by atoms with E-state index in [-0.39, 0.29) is 5.88 Å². The molecule has 4 saturated carbocycles. The van der Waals surface area contributed by atoms with Crippen LogP contribution in [0.5, 0.6) is 5.88 Å². The van der Waals surface area contributed by atoms with Crippen molar-refractivity contribution in [3.63, 3.8) is 0 Å². The molecule has 3 aromatic rings. The van der Waals surface area contributed by atoms with Crippen molar-refractivity contribution in [1.82, 2.24) is 14.8 Å². The van der Waals surface area contributed by atoms with Crippen molar-refractivity contribution in [1.29, 1.82) is 0 Å². The molecule has 7 rings (SSSR count). The van der Waals surface area contributed by atoms with Crippen LogP contribution in [-0.2, 0) is 11.3 Å². The Kier molecular flexibility index (Phi) is 4.36. The normalized spacial score (nSPS) is 28.4. The zero-order valence-electron chi connectivity index (χ0n) is 18.7. The number of carbonyl (C=O) groups excluding carboxylic acids is 1. The molecule has 0 amide bonds. The highest BCUT2D eigenvalue weighted by atomic mass is 16.5. The molecule has 1 N–H and O–H groups in total. The van der Waals surface area contributed by atoms with Crippen LogP contribution in [0.15, 0.2) is 30.5 Å². The van der Waals surface area contributed by atoms with Gasteiger partial charge in [-0.1, -0.05) is 6.07 Å². The van der Waals surface area contributed by atoms with Gasteiger partial charge < -0.3 is 9.84 Å². The van der Waals surface area contributed by atoms with Crippen molar-refractivity contribution >= 4 is 16.9 Å². The maximum Gasteiger partial charge on any atom is 0.339 e. The second kappa shape index (κ2) is 7.06. The average Bonchev–Trinajstić information content (AvgIpc) is 3.10. The van der Waals surface area contributed by atoms with Crippen LogP contribution in [0.3, 0.4) is 0 Å².